The highest BCUT2D eigenvalue weighted by atomic mass is 35.5. The zero-order chi connectivity index (χ0) is 25.4. The Morgan fingerprint density at radius 3 is 2.75 bits per heavy atom. The molecular formula is C23H23ClN10O2. The highest BCUT2D eigenvalue weighted by Crippen LogP contribution is 2.38. The maximum Gasteiger partial charge on any atom is 0.407 e. The Balaban J connectivity index is 1.49. The Morgan fingerprint density at radius 2 is 2.06 bits per heavy atom. The molecule has 2 aliphatic rings. The number of carbonyl (C=O) groups excluding carboxylic acids is 1. The molecule has 0 radical (unpaired) electrons. The van der Waals surface area contributed by atoms with Gasteiger partial charge in [0.1, 0.15) is 6.07 Å². The van der Waals surface area contributed by atoms with Gasteiger partial charge in [0, 0.05) is 19.1 Å². The minimum atomic E-state index is -0.493. The molecule has 12 nitrogen and oxygen atoms in total. The Hall–Kier alpha value is -4.29. The zero-order valence-corrected chi connectivity index (χ0v) is 20.4. The Kier molecular flexibility index (Phi) is 6.12. The molecule has 36 heavy (non-hydrogen) atoms. The fraction of sp³-hybridized carbons (Fsp3) is 0.391. The predicted molar refractivity (Wildman–Crippen MR) is 132 cm³/mol. The number of carbonyl (C=O) groups is 1. The predicted octanol–water partition coefficient (Wildman–Crippen LogP) is 3.02. The van der Waals surface area contributed by atoms with E-state index in [0.717, 1.165) is 12.8 Å². The van der Waals surface area contributed by atoms with Gasteiger partial charge in [-0.3, -0.25) is 0 Å². The number of imidazole rings is 1. The van der Waals surface area contributed by atoms with Crippen LogP contribution in [-0.4, -0.2) is 58.0 Å². The number of benzene rings is 1. The summed E-state index contributed by atoms with van der Waals surface area (Å²) < 4.78 is 6.16. The van der Waals surface area contributed by atoms with Crippen molar-refractivity contribution in [2.45, 2.75) is 31.8 Å². The Labute approximate surface area is 211 Å². The normalized spacial score (nSPS) is 19.0. The largest absolute Gasteiger partial charge is 0.453 e. The quantitative estimate of drug-likeness (QED) is 0.454. The first-order valence-corrected chi connectivity index (χ1v) is 11.8. The van der Waals surface area contributed by atoms with E-state index in [1.165, 1.54) is 17.8 Å². The first kappa shape index (κ1) is 23.5. The number of hydrogen-bond donors (Lipinski definition) is 3. The van der Waals surface area contributed by atoms with Gasteiger partial charge < -0.3 is 25.6 Å². The lowest BCUT2D eigenvalue weighted by atomic mass is 10.1. The molecule has 1 saturated carbocycles. The molecule has 0 unspecified atom stereocenters. The van der Waals surface area contributed by atoms with E-state index >= 15 is 0 Å². The number of halogens is 1. The lowest BCUT2D eigenvalue weighted by molar-refractivity contribution is 0.165. The molecule has 1 aromatic carbocycles. The monoisotopic (exact) mass is 506 g/mol. The molecule has 0 spiro atoms. The molecule has 3 N–H and O–H groups in total. The molecule has 3 heterocycles. The summed E-state index contributed by atoms with van der Waals surface area (Å²) in [4.78, 5) is 22.6. The third-order valence-corrected chi connectivity index (χ3v) is 6.66. The van der Waals surface area contributed by atoms with Crippen LogP contribution >= 0.6 is 11.6 Å². The minimum absolute atomic E-state index is 0.134. The standard InChI is InChI=1S/C23H23ClN10O2/c1-12-10-33(11-17(12)30-23(35)36-2)18-6-13(7-25)5-16(19(18)24)29-22-31-20(28-14-3-4-14)21-27-9-15(8-26)34(21)32-22/h5-6,9,12,14,17H,3-4,10-11H2,1-2H3,(H,30,35)(H2,28,29,31,32)/t12-,17+/m0/s1. The van der Waals surface area contributed by atoms with E-state index in [0.29, 0.717) is 52.6 Å². The van der Waals surface area contributed by atoms with E-state index in [1.807, 2.05) is 11.8 Å². The minimum Gasteiger partial charge on any atom is -0.453 e. The highest BCUT2D eigenvalue weighted by molar-refractivity contribution is 6.36. The van der Waals surface area contributed by atoms with Gasteiger partial charge in [-0.05, 0) is 30.9 Å². The molecule has 13 heteroatoms. The van der Waals surface area contributed by atoms with Crippen LogP contribution in [0.5, 0.6) is 0 Å². The second-order valence-corrected chi connectivity index (χ2v) is 9.29. The number of methoxy groups -OCH3 is 1. The Morgan fingerprint density at radius 1 is 1.25 bits per heavy atom. The number of alkyl carbamates (subject to hydrolysis) is 1. The van der Waals surface area contributed by atoms with Crippen LogP contribution in [0, 0.1) is 28.6 Å². The number of anilines is 4. The number of hydrogen-bond acceptors (Lipinski definition) is 10. The number of nitriles is 2. The zero-order valence-electron chi connectivity index (χ0n) is 19.6. The smallest absolute Gasteiger partial charge is 0.407 e. The molecule has 2 atom stereocenters. The van der Waals surface area contributed by atoms with Crippen LogP contribution in [0.2, 0.25) is 5.02 Å². The summed E-state index contributed by atoms with van der Waals surface area (Å²) in [7, 11) is 1.33. The topological polar surface area (TPSA) is 156 Å². The van der Waals surface area contributed by atoms with Crippen molar-refractivity contribution in [3.63, 3.8) is 0 Å². The molecule has 2 aromatic heterocycles. The van der Waals surface area contributed by atoms with E-state index in [1.54, 1.807) is 12.1 Å². The van der Waals surface area contributed by atoms with Crippen molar-refractivity contribution in [1.29, 1.82) is 10.5 Å². The lowest BCUT2D eigenvalue weighted by Gasteiger charge is -2.22. The molecule has 1 saturated heterocycles. The number of ether oxygens (including phenoxy) is 1. The van der Waals surface area contributed by atoms with Gasteiger partial charge in [0.25, 0.3) is 0 Å². The average molecular weight is 507 g/mol. The molecule has 5 rings (SSSR count). The van der Waals surface area contributed by atoms with Crippen molar-refractivity contribution in [1.82, 2.24) is 24.9 Å². The number of fused-ring (bicyclic) bond motifs is 1. The van der Waals surface area contributed by atoms with Gasteiger partial charge >= 0.3 is 6.09 Å². The molecule has 0 bridgehead atoms. The summed E-state index contributed by atoms with van der Waals surface area (Å²) in [6.07, 6.45) is 3.02. The maximum atomic E-state index is 11.7. The molecular weight excluding hydrogens is 484 g/mol. The first-order chi connectivity index (χ1) is 17.4. The number of aromatic nitrogens is 4. The molecule has 1 aliphatic heterocycles. The van der Waals surface area contributed by atoms with Crippen molar-refractivity contribution >= 4 is 46.5 Å². The van der Waals surface area contributed by atoms with Crippen LogP contribution < -0.4 is 20.9 Å². The van der Waals surface area contributed by atoms with Gasteiger partial charge in [0.2, 0.25) is 5.95 Å². The summed E-state index contributed by atoms with van der Waals surface area (Å²) in [6.45, 7) is 3.15. The second kappa shape index (κ2) is 9.40. The third-order valence-electron chi connectivity index (χ3n) is 6.27. The number of nitrogens with zero attached hydrogens (tertiary/aromatic N) is 7. The highest BCUT2D eigenvalue weighted by Gasteiger charge is 2.33. The van der Waals surface area contributed by atoms with Gasteiger partial charge in [0.15, 0.2) is 17.2 Å². The molecule has 1 aliphatic carbocycles. The molecule has 3 aromatic rings. The van der Waals surface area contributed by atoms with Gasteiger partial charge in [-0.25, -0.2) is 9.78 Å². The van der Waals surface area contributed by atoms with E-state index in [2.05, 4.69) is 43.2 Å². The molecule has 1 amide bonds. The summed E-state index contributed by atoms with van der Waals surface area (Å²) in [6, 6.07) is 7.76. The van der Waals surface area contributed by atoms with Crippen molar-refractivity contribution in [2.24, 2.45) is 5.92 Å². The van der Waals surface area contributed by atoms with Crippen molar-refractivity contribution in [3.05, 3.63) is 34.6 Å². The fourth-order valence-electron chi connectivity index (χ4n) is 4.21. The summed E-state index contributed by atoms with van der Waals surface area (Å²) >= 11 is 6.82. The van der Waals surface area contributed by atoms with Gasteiger partial charge in [-0.15, -0.1) is 5.10 Å². The third kappa shape index (κ3) is 4.51. The van der Waals surface area contributed by atoms with Gasteiger partial charge in [0.05, 0.1) is 47.4 Å². The molecule has 2 fully saturated rings. The van der Waals surface area contributed by atoms with Gasteiger partial charge in [-0.2, -0.15) is 20.0 Å². The summed E-state index contributed by atoms with van der Waals surface area (Å²) in [5, 5.41) is 33.2. The van der Waals surface area contributed by atoms with Crippen LogP contribution in [0.4, 0.5) is 27.9 Å². The van der Waals surface area contributed by atoms with E-state index in [9.17, 15) is 15.3 Å². The van der Waals surface area contributed by atoms with Crippen LogP contribution in [0.3, 0.4) is 0 Å². The van der Waals surface area contributed by atoms with Crippen LogP contribution in [0.15, 0.2) is 18.3 Å². The van der Waals surface area contributed by atoms with Crippen LogP contribution in [-0.2, 0) is 4.74 Å². The lowest BCUT2D eigenvalue weighted by Crippen LogP contribution is -2.39. The van der Waals surface area contributed by atoms with Crippen LogP contribution in [0.25, 0.3) is 5.65 Å². The van der Waals surface area contributed by atoms with Crippen molar-refractivity contribution in [3.8, 4) is 12.1 Å². The van der Waals surface area contributed by atoms with Crippen LogP contribution in [0.1, 0.15) is 31.0 Å². The van der Waals surface area contributed by atoms with Gasteiger partial charge in [-0.1, -0.05) is 18.5 Å². The Bertz CT molecular complexity index is 1420. The first-order valence-electron chi connectivity index (χ1n) is 11.4. The molecule has 184 valence electrons. The van der Waals surface area contributed by atoms with E-state index in [-0.39, 0.29) is 23.6 Å². The maximum absolute atomic E-state index is 11.7. The number of nitrogens with one attached hydrogen (secondary N) is 3. The van der Waals surface area contributed by atoms with Crippen molar-refractivity contribution in [2.75, 3.05) is 35.7 Å². The second-order valence-electron chi connectivity index (χ2n) is 8.91. The van der Waals surface area contributed by atoms with Crippen molar-refractivity contribution < 1.29 is 9.53 Å². The summed E-state index contributed by atoms with van der Waals surface area (Å²) in [5.41, 5.74) is 2.21. The number of rotatable bonds is 6. The van der Waals surface area contributed by atoms with E-state index < -0.39 is 6.09 Å². The van der Waals surface area contributed by atoms with E-state index in [4.69, 9.17) is 16.3 Å². The number of amides is 1. The summed E-state index contributed by atoms with van der Waals surface area (Å²) in [5.74, 6) is 0.840. The average Bonchev–Trinajstić information content (AvgIpc) is 3.48. The SMILES string of the molecule is COC(=O)N[C@@H]1CN(c2cc(C#N)cc(Nc3nc(NC4CC4)c4ncc(C#N)n4n3)c2Cl)C[C@@H]1C. The fourth-order valence-corrected chi connectivity index (χ4v) is 4.48.